The molecule has 19 heavy (non-hydrogen) atoms. The quantitative estimate of drug-likeness (QED) is 0.712. The van der Waals surface area contributed by atoms with Crippen LogP contribution in [0.3, 0.4) is 0 Å². The molecular formula is C11H12N2O4SSe. The molecule has 0 bridgehead atoms. The summed E-state index contributed by atoms with van der Waals surface area (Å²) in [6, 6.07) is 8.36. The molecule has 1 aromatic carbocycles. The molecule has 2 rings (SSSR count). The molecule has 6 nitrogen and oxygen atoms in total. The molecule has 1 aliphatic rings. The Hall–Kier alpha value is -1.37. The number of urea groups is 1. The van der Waals surface area contributed by atoms with Gasteiger partial charge in [0.15, 0.2) is 0 Å². The average Bonchev–Trinajstić information content (AvgIpc) is 2.72. The van der Waals surface area contributed by atoms with E-state index in [-0.39, 0.29) is 17.9 Å². The van der Waals surface area contributed by atoms with Gasteiger partial charge in [0.2, 0.25) is 0 Å². The van der Waals surface area contributed by atoms with Crippen molar-refractivity contribution in [1.82, 2.24) is 9.21 Å². The molecule has 8 heteroatoms. The summed E-state index contributed by atoms with van der Waals surface area (Å²) < 4.78 is 24.3. The Morgan fingerprint density at radius 2 is 1.84 bits per heavy atom. The standard InChI is InChI=1S/C11H12N2O4SSe/c1-18(16,17)13-8-7-12(10(13)14)11(15)19-9-5-3-2-4-6-9/h2-6H,7-8H2,1H3. The SMILES string of the molecule is CS(=O)(=O)N1CCN(C(=O)[Se]c2ccccc2)C1=O. The molecule has 0 aliphatic carbocycles. The molecule has 0 saturated carbocycles. The first-order chi connectivity index (χ1) is 8.89. The molecule has 3 amide bonds. The van der Waals surface area contributed by atoms with E-state index >= 15 is 0 Å². The number of sulfonamides is 1. The van der Waals surface area contributed by atoms with Gasteiger partial charge in [-0.2, -0.15) is 0 Å². The van der Waals surface area contributed by atoms with Gasteiger partial charge in [-0.15, -0.1) is 0 Å². The van der Waals surface area contributed by atoms with Gasteiger partial charge < -0.3 is 0 Å². The van der Waals surface area contributed by atoms with Gasteiger partial charge in [-0.3, -0.25) is 0 Å². The predicted molar refractivity (Wildman–Crippen MR) is 70.9 cm³/mol. The summed E-state index contributed by atoms with van der Waals surface area (Å²) in [6.07, 6.45) is 0.960. The first kappa shape index (κ1) is 14.0. The zero-order chi connectivity index (χ0) is 14.0. The third kappa shape index (κ3) is 3.15. The Morgan fingerprint density at radius 1 is 1.21 bits per heavy atom. The van der Waals surface area contributed by atoms with Crippen LogP contribution >= 0.6 is 0 Å². The normalized spacial score (nSPS) is 15.9. The second-order valence-electron chi connectivity index (χ2n) is 3.95. The van der Waals surface area contributed by atoms with E-state index in [0.717, 1.165) is 19.9 Å². The molecule has 102 valence electrons. The van der Waals surface area contributed by atoms with Crippen LogP contribution in [0.1, 0.15) is 0 Å². The van der Waals surface area contributed by atoms with Gasteiger partial charge in [0.1, 0.15) is 0 Å². The van der Waals surface area contributed by atoms with E-state index in [1.165, 1.54) is 0 Å². The van der Waals surface area contributed by atoms with Crippen molar-refractivity contribution in [3.8, 4) is 0 Å². The number of rotatable bonds is 3. The van der Waals surface area contributed by atoms with Crippen molar-refractivity contribution in [3.63, 3.8) is 0 Å². The fraction of sp³-hybridized carbons (Fsp3) is 0.273. The number of hydrogen-bond donors (Lipinski definition) is 0. The van der Waals surface area contributed by atoms with Crippen molar-refractivity contribution in [2.24, 2.45) is 0 Å². The van der Waals surface area contributed by atoms with Gasteiger partial charge in [-0.1, -0.05) is 0 Å². The minimum atomic E-state index is -3.59. The maximum atomic E-state index is 12.0. The van der Waals surface area contributed by atoms with Gasteiger partial charge in [-0.25, -0.2) is 0 Å². The summed E-state index contributed by atoms with van der Waals surface area (Å²) in [5.74, 6) is 0. The fourth-order valence-corrected chi connectivity index (χ4v) is 4.06. The van der Waals surface area contributed by atoms with E-state index in [1.807, 2.05) is 30.3 Å². The maximum absolute atomic E-state index is 12.0. The van der Waals surface area contributed by atoms with Gasteiger partial charge >= 0.3 is 117 Å². The summed E-state index contributed by atoms with van der Waals surface area (Å²) in [5, 5.41) is 0. The number of carbonyl (C=O) groups excluding carboxylic acids is 2. The van der Waals surface area contributed by atoms with Crippen LogP contribution in [-0.2, 0) is 10.0 Å². The molecule has 0 N–H and O–H groups in total. The van der Waals surface area contributed by atoms with E-state index in [2.05, 4.69) is 0 Å². The third-order valence-corrected chi connectivity index (χ3v) is 5.57. The van der Waals surface area contributed by atoms with Gasteiger partial charge in [0.05, 0.1) is 0 Å². The zero-order valence-electron chi connectivity index (χ0n) is 10.1. The first-order valence-electron chi connectivity index (χ1n) is 5.45. The molecule has 1 fully saturated rings. The first-order valence-corrected chi connectivity index (χ1v) is 9.02. The van der Waals surface area contributed by atoms with Crippen LogP contribution in [-0.4, -0.2) is 62.8 Å². The van der Waals surface area contributed by atoms with E-state index in [0.29, 0.717) is 0 Å². The van der Waals surface area contributed by atoms with Gasteiger partial charge in [0.25, 0.3) is 0 Å². The molecule has 0 atom stereocenters. The molecule has 1 aromatic rings. The van der Waals surface area contributed by atoms with Crippen molar-refractivity contribution in [1.29, 1.82) is 0 Å². The summed E-state index contributed by atoms with van der Waals surface area (Å²) in [6.45, 7) is 0.160. The fourth-order valence-electron chi connectivity index (χ4n) is 1.64. The second-order valence-corrected chi connectivity index (χ2v) is 8.01. The van der Waals surface area contributed by atoms with Crippen LogP contribution in [0.15, 0.2) is 30.3 Å². The molecule has 0 radical (unpaired) electrons. The Kier molecular flexibility index (Phi) is 3.93. The average molecular weight is 347 g/mol. The number of imide groups is 1. The van der Waals surface area contributed by atoms with Crippen LogP contribution in [0.4, 0.5) is 9.59 Å². The van der Waals surface area contributed by atoms with Crippen molar-refractivity contribution in [2.75, 3.05) is 19.3 Å². The molecule has 1 saturated heterocycles. The van der Waals surface area contributed by atoms with Crippen LogP contribution < -0.4 is 4.46 Å². The molecule has 1 heterocycles. The molecule has 0 spiro atoms. The topological polar surface area (TPSA) is 74.8 Å². The van der Waals surface area contributed by atoms with Crippen LogP contribution in [0.2, 0.25) is 0 Å². The molecule has 1 aliphatic heterocycles. The van der Waals surface area contributed by atoms with Crippen molar-refractivity contribution in [3.05, 3.63) is 30.3 Å². The van der Waals surface area contributed by atoms with Gasteiger partial charge in [0, 0.05) is 0 Å². The van der Waals surface area contributed by atoms with E-state index in [4.69, 9.17) is 0 Å². The Bertz CT molecular complexity index is 602. The predicted octanol–water partition coefficient (Wildman–Crippen LogP) is -0.167. The van der Waals surface area contributed by atoms with Crippen LogP contribution in [0.25, 0.3) is 0 Å². The molecular weight excluding hydrogens is 335 g/mol. The van der Waals surface area contributed by atoms with Gasteiger partial charge in [-0.05, 0) is 0 Å². The van der Waals surface area contributed by atoms with E-state index in [9.17, 15) is 18.0 Å². The Morgan fingerprint density at radius 3 is 2.37 bits per heavy atom. The van der Waals surface area contributed by atoms with Crippen LogP contribution in [0, 0.1) is 0 Å². The number of amides is 3. The molecule has 0 aromatic heterocycles. The van der Waals surface area contributed by atoms with E-state index in [1.54, 1.807) is 0 Å². The monoisotopic (exact) mass is 348 g/mol. The minimum absolute atomic E-state index is 0.0360. The second kappa shape index (κ2) is 5.32. The Labute approximate surface area is 117 Å². The van der Waals surface area contributed by atoms with Crippen LogP contribution in [0.5, 0.6) is 0 Å². The summed E-state index contributed by atoms with van der Waals surface area (Å²) in [5.41, 5.74) is 0. The Balaban J connectivity index is 2.08. The van der Waals surface area contributed by atoms with E-state index < -0.39 is 31.0 Å². The van der Waals surface area contributed by atoms with Crippen molar-refractivity contribution < 1.29 is 18.0 Å². The zero-order valence-corrected chi connectivity index (χ0v) is 12.7. The summed E-state index contributed by atoms with van der Waals surface area (Å²) in [4.78, 5) is 24.5. The van der Waals surface area contributed by atoms with Crippen molar-refractivity contribution >= 4 is 40.3 Å². The molecule has 0 unspecified atom stereocenters. The summed E-state index contributed by atoms with van der Waals surface area (Å²) >= 11 is -0.523. The number of nitrogens with zero attached hydrogens (tertiary/aromatic N) is 2. The third-order valence-electron chi connectivity index (χ3n) is 2.54. The number of hydrogen-bond acceptors (Lipinski definition) is 4. The number of benzene rings is 1. The van der Waals surface area contributed by atoms with Crippen molar-refractivity contribution in [2.45, 2.75) is 0 Å². The summed E-state index contributed by atoms with van der Waals surface area (Å²) in [7, 11) is -3.59. The number of carbonyl (C=O) groups is 2.